The molecule has 0 spiro atoms. The number of hydrogen-bond donors (Lipinski definition) is 1. The Kier molecular flexibility index (Phi) is 5.44. The van der Waals surface area contributed by atoms with Crippen LogP contribution >= 0.6 is 0 Å². The molecule has 5 nitrogen and oxygen atoms in total. The number of rotatable bonds is 7. The Morgan fingerprint density at radius 3 is 2.74 bits per heavy atom. The molecule has 19 heavy (non-hydrogen) atoms. The second-order valence-corrected chi connectivity index (χ2v) is 4.31. The highest BCUT2D eigenvalue weighted by Gasteiger charge is 2.16. The molecule has 0 aromatic heterocycles. The first-order valence-electron chi connectivity index (χ1n) is 6.48. The predicted molar refractivity (Wildman–Crippen MR) is 71.9 cm³/mol. The second-order valence-electron chi connectivity index (χ2n) is 4.31. The van der Waals surface area contributed by atoms with E-state index in [1.165, 1.54) is 0 Å². The first-order valence-corrected chi connectivity index (χ1v) is 6.48. The van der Waals surface area contributed by atoms with E-state index in [-0.39, 0.29) is 6.04 Å². The molecule has 1 N–H and O–H groups in total. The highest BCUT2D eigenvalue weighted by atomic mass is 16.6. The fourth-order valence-corrected chi connectivity index (χ4v) is 1.97. The molecule has 0 fully saturated rings. The van der Waals surface area contributed by atoms with Crippen LogP contribution in [0.15, 0.2) is 18.2 Å². The van der Waals surface area contributed by atoms with Gasteiger partial charge in [-0.1, -0.05) is 6.07 Å². The molecule has 1 unspecified atom stereocenters. The SMILES string of the molecule is CNC(COCCOC)c1ccc2c(c1)OCCO2. The van der Waals surface area contributed by atoms with E-state index in [9.17, 15) is 0 Å². The smallest absolute Gasteiger partial charge is 0.161 e. The van der Waals surface area contributed by atoms with Gasteiger partial charge in [0, 0.05) is 7.11 Å². The van der Waals surface area contributed by atoms with Crippen molar-refractivity contribution in [2.24, 2.45) is 0 Å². The summed E-state index contributed by atoms with van der Waals surface area (Å²) in [5, 5.41) is 3.24. The van der Waals surface area contributed by atoms with Crippen LogP contribution in [0.3, 0.4) is 0 Å². The third-order valence-corrected chi connectivity index (χ3v) is 3.03. The minimum absolute atomic E-state index is 0.132. The van der Waals surface area contributed by atoms with Crippen LogP contribution in [0.5, 0.6) is 11.5 Å². The lowest BCUT2D eigenvalue weighted by molar-refractivity contribution is 0.0595. The Morgan fingerprint density at radius 2 is 2.00 bits per heavy atom. The number of methoxy groups -OCH3 is 1. The van der Waals surface area contributed by atoms with Gasteiger partial charge in [-0.15, -0.1) is 0 Å². The van der Waals surface area contributed by atoms with E-state index in [0.29, 0.717) is 33.0 Å². The summed E-state index contributed by atoms with van der Waals surface area (Å²) in [5.41, 5.74) is 1.13. The highest BCUT2D eigenvalue weighted by Crippen LogP contribution is 2.32. The minimum Gasteiger partial charge on any atom is -0.486 e. The largest absolute Gasteiger partial charge is 0.486 e. The van der Waals surface area contributed by atoms with E-state index in [1.807, 2.05) is 25.2 Å². The highest BCUT2D eigenvalue weighted by molar-refractivity contribution is 5.44. The third kappa shape index (κ3) is 3.83. The lowest BCUT2D eigenvalue weighted by Gasteiger charge is -2.22. The van der Waals surface area contributed by atoms with Crippen LogP contribution in [-0.4, -0.2) is 47.2 Å². The molecule has 0 saturated carbocycles. The monoisotopic (exact) mass is 267 g/mol. The summed E-state index contributed by atoms with van der Waals surface area (Å²) in [6, 6.07) is 6.13. The van der Waals surface area contributed by atoms with Gasteiger partial charge in [0.15, 0.2) is 11.5 Å². The van der Waals surface area contributed by atoms with Crippen LogP contribution in [0.2, 0.25) is 0 Å². The zero-order valence-corrected chi connectivity index (χ0v) is 11.5. The van der Waals surface area contributed by atoms with Gasteiger partial charge in [0.2, 0.25) is 0 Å². The summed E-state index contributed by atoms with van der Waals surface area (Å²) in [6.45, 7) is 3.02. The zero-order chi connectivity index (χ0) is 13.5. The normalized spacial score (nSPS) is 15.3. The van der Waals surface area contributed by atoms with Crippen molar-refractivity contribution in [1.29, 1.82) is 0 Å². The fraction of sp³-hybridized carbons (Fsp3) is 0.571. The Morgan fingerprint density at radius 1 is 1.21 bits per heavy atom. The van der Waals surface area contributed by atoms with E-state index in [2.05, 4.69) is 5.32 Å². The molecule has 5 heteroatoms. The van der Waals surface area contributed by atoms with Crippen molar-refractivity contribution in [3.63, 3.8) is 0 Å². The van der Waals surface area contributed by atoms with Gasteiger partial charge >= 0.3 is 0 Å². The van der Waals surface area contributed by atoms with E-state index in [0.717, 1.165) is 17.1 Å². The van der Waals surface area contributed by atoms with Crippen LogP contribution in [0.1, 0.15) is 11.6 Å². The maximum Gasteiger partial charge on any atom is 0.161 e. The predicted octanol–water partition coefficient (Wildman–Crippen LogP) is 1.38. The van der Waals surface area contributed by atoms with E-state index in [4.69, 9.17) is 18.9 Å². The topological polar surface area (TPSA) is 49.0 Å². The molecule has 0 saturated heterocycles. The molecule has 0 aliphatic carbocycles. The standard InChI is InChI=1S/C14H21NO4/c1-15-12(10-17-6-5-16-2)11-3-4-13-14(9-11)19-8-7-18-13/h3-4,9,12,15H,5-8,10H2,1-2H3. The van der Waals surface area contributed by atoms with E-state index < -0.39 is 0 Å². The summed E-state index contributed by atoms with van der Waals surface area (Å²) in [5.74, 6) is 1.62. The molecular formula is C14H21NO4. The van der Waals surface area contributed by atoms with Crippen molar-refractivity contribution in [3.8, 4) is 11.5 Å². The molecular weight excluding hydrogens is 246 g/mol. The lowest BCUT2D eigenvalue weighted by atomic mass is 10.1. The van der Waals surface area contributed by atoms with Gasteiger partial charge in [-0.05, 0) is 24.7 Å². The number of likely N-dealkylation sites (N-methyl/N-ethyl adjacent to an activating group) is 1. The summed E-state index contributed by atoms with van der Waals surface area (Å²) in [6.07, 6.45) is 0. The van der Waals surface area contributed by atoms with Gasteiger partial charge in [-0.3, -0.25) is 0 Å². The Bertz CT molecular complexity index is 397. The zero-order valence-electron chi connectivity index (χ0n) is 11.5. The maximum atomic E-state index is 5.59. The van der Waals surface area contributed by atoms with Gasteiger partial charge < -0.3 is 24.3 Å². The Balaban J connectivity index is 1.97. The molecule has 1 aromatic rings. The van der Waals surface area contributed by atoms with Gasteiger partial charge in [-0.2, -0.15) is 0 Å². The molecule has 106 valence electrons. The Labute approximate surface area is 113 Å². The van der Waals surface area contributed by atoms with Crippen LogP contribution in [0.25, 0.3) is 0 Å². The Hall–Kier alpha value is -1.30. The number of nitrogens with one attached hydrogen (secondary N) is 1. The molecule has 1 aromatic carbocycles. The molecule has 1 atom stereocenters. The van der Waals surface area contributed by atoms with Gasteiger partial charge in [-0.25, -0.2) is 0 Å². The maximum absolute atomic E-state index is 5.59. The average Bonchev–Trinajstić information content (AvgIpc) is 2.47. The van der Waals surface area contributed by atoms with Crippen molar-refractivity contribution in [3.05, 3.63) is 23.8 Å². The van der Waals surface area contributed by atoms with Crippen molar-refractivity contribution < 1.29 is 18.9 Å². The second kappa shape index (κ2) is 7.33. The minimum atomic E-state index is 0.132. The van der Waals surface area contributed by atoms with Crippen LogP contribution in [0, 0.1) is 0 Å². The summed E-state index contributed by atoms with van der Waals surface area (Å²) in [4.78, 5) is 0. The summed E-state index contributed by atoms with van der Waals surface area (Å²) in [7, 11) is 3.58. The quantitative estimate of drug-likeness (QED) is 0.756. The van der Waals surface area contributed by atoms with Crippen molar-refractivity contribution in [2.45, 2.75) is 6.04 Å². The number of fused-ring (bicyclic) bond motifs is 1. The fourth-order valence-electron chi connectivity index (χ4n) is 1.97. The first-order chi connectivity index (χ1) is 9.35. The third-order valence-electron chi connectivity index (χ3n) is 3.03. The van der Waals surface area contributed by atoms with E-state index >= 15 is 0 Å². The van der Waals surface area contributed by atoms with Crippen LogP contribution in [0.4, 0.5) is 0 Å². The van der Waals surface area contributed by atoms with Crippen LogP contribution in [-0.2, 0) is 9.47 Å². The van der Waals surface area contributed by atoms with Crippen molar-refractivity contribution >= 4 is 0 Å². The van der Waals surface area contributed by atoms with Gasteiger partial charge in [0.1, 0.15) is 13.2 Å². The molecule has 1 aliphatic heterocycles. The molecule has 2 rings (SSSR count). The lowest BCUT2D eigenvalue weighted by Crippen LogP contribution is -2.23. The summed E-state index contributed by atoms with van der Waals surface area (Å²) >= 11 is 0. The number of benzene rings is 1. The average molecular weight is 267 g/mol. The van der Waals surface area contributed by atoms with Crippen molar-refractivity contribution in [1.82, 2.24) is 5.32 Å². The molecule has 0 radical (unpaired) electrons. The molecule has 1 heterocycles. The number of hydrogen-bond acceptors (Lipinski definition) is 5. The summed E-state index contributed by atoms with van der Waals surface area (Å²) < 4.78 is 21.6. The molecule has 0 amide bonds. The van der Waals surface area contributed by atoms with Crippen LogP contribution < -0.4 is 14.8 Å². The first kappa shape index (κ1) is 14.1. The van der Waals surface area contributed by atoms with E-state index in [1.54, 1.807) is 7.11 Å². The van der Waals surface area contributed by atoms with Gasteiger partial charge in [0.05, 0.1) is 25.9 Å². The van der Waals surface area contributed by atoms with Crippen molar-refractivity contribution in [2.75, 3.05) is 47.2 Å². The van der Waals surface area contributed by atoms with Gasteiger partial charge in [0.25, 0.3) is 0 Å². The molecule has 1 aliphatic rings. The number of ether oxygens (including phenoxy) is 4. The molecule has 0 bridgehead atoms.